The summed E-state index contributed by atoms with van der Waals surface area (Å²) in [6.07, 6.45) is 10.1. The molecule has 0 spiro atoms. The molecule has 0 saturated carbocycles. The van der Waals surface area contributed by atoms with E-state index in [0.29, 0.717) is 23.3 Å². The molecular formula is C28H23FN4O2S. The number of hydrogen-bond acceptors (Lipinski definition) is 6. The van der Waals surface area contributed by atoms with E-state index in [-0.39, 0.29) is 17.4 Å². The summed E-state index contributed by atoms with van der Waals surface area (Å²) in [4.78, 5) is 16.9. The average molecular weight is 499 g/mol. The van der Waals surface area contributed by atoms with Crippen LogP contribution < -0.4 is 4.74 Å². The van der Waals surface area contributed by atoms with E-state index in [1.807, 2.05) is 47.9 Å². The average Bonchev–Trinajstić information content (AvgIpc) is 3.16. The molecule has 6 nitrogen and oxygen atoms in total. The molecule has 0 aliphatic carbocycles. The lowest BCUT2D eigenvalue weighted by Gasteiger charge is -2.06. The first-order chi connectivity index (χ1) is 17.6. The topological polar surface area (TPSA) is 69.4 Å². The summed E-state index contributed by atoms with van der Waals surface area (Å²) in [7, 11) is 0. The predicted molar refractivity (Wildman–Crippen MR) is 141 cm³/mol. The third-order valence-electron chi connectivity index (χ3n) is 5.16. The Kier molecular flexibility index (Phi) is 8.24. The number of aromatic nitrogens is 3. The number of allylic oxidation sites excluding steroid dienone is 6. The fourth-order valence-electron chi connectivity index (χ4n) is 3.37. The molecule has 180 valence electrons. The molecule has 1 aromatic heterocycles. The quantitative estimate of drug-likeness (QED) is 0.193. The second-order valence-electron chi connectivity index (χ2n) is 7.56. The van der Waals surface area contributed by atoms with Gasteiger partial charge in [-0.1, -0.05) is 30.5 Å². The molecule has 2 aromatic carbocycles. The number of ether oxygens (including phenoxy) is 1. The van der Waals surface area contributed by atoms with E-state index in [2.05, 4.69) is 27.6 Å². The van der Waals surface area contributed by atoms with Crippen LogP contribution in [-0.4, -0.2) is 32.2 Å². The molecule has 0 unspecified atom stereocenters. The van der Waals surface area contributed by atoms with Crippen LogP contribution in [0.4, 0.5) is 4.39 Å². The number of hydrogen-bond donors (Lipinski definition) is 0. The Labute approximate surface area is 212 Å². The van der Waals surface area contributed by atoms with E-state index in [1.165, 1.54) is 36.2 Å². The van der Waals surface area contributed by atoms with Gasteiger partial charge >= 0.3 is 0 Å². The minimum absolute atomic E-state index is 0.0634. The maximum absolute atomic E-state index is 13.2. The fraction of sp³-hybridized carbons (Fsp3) is 0.107. The highest BCUT2D eigenvalue weighted by Gasteiger charge is 2.14. The van der Waals surface area contributed by atoms with Gasteiger partial charge in [-0.3, -0.25) is 4.79 Å². The Bertz CT molecular complexity index is 1410. The van der Waals surface area contributed by atoms with Crippen LogP contribution in [0.1, 0.15) is 12.5 Å². The van der Waals surface area contributed by atoms with Crippen molar-refractivity contribution >= 4 is 29.1 Å². The molecule has 0 saturated heterocycles. The zero-order valence-corrected chi connectivity index (χ0v) is 20.4. The molecule has 8 heteroatoms. The Hall–Kier alpha value is -4.26. The number of carbonyl (C=O) groups is 1. The maximum Gasteiger partial charge on any atom is 0.191 e. The standard InChI is InChI=1S/C28H23FN4O2S/c1-3-33-27(22-7-11-23(29)12-8-22)31-32-28(33)36-19-24(34)13-5-20-6-16-26(30-18-17-20)21-9-14-25(15-10-21)35-4-2/h4-17H,2-3,19H2,1H3/b13-5+. The molecular weight excluding hydrogens is 475 g/mol. The lowest BCUT2D eigenvalue weighted by Crippen LogP contribution is -2.02. The zero-order chi connectivity index (χ0) is 25.3. The van der Waals surface area contributed by atoms with Crippen LogP contribution in [0.15, 0.2) is 107 Å². The minimum Gasteiger partial charge on any atom is -0.466 e. The molecule has 3 aromatic rings. The summed E-state index contributed by atoms with van der Waals surface area (Å²) >= 11 is 1.31. The number of rotatable bonds is 10. The second-order valence-corrected chi connectivity index (χ2v) is 8.50. The van der Waals surface area contributed by atoms with Crippen molar-refractivity contribution in [2.24, 2.45) is 4.99 Å². The monoisotopic (exact) mass is 498 g/mol. The Morgan fingerprint density at radius 1 is 1.11 bits per heavy atom. The van der Waals surface area contributed by atoms with Crippen molar-refractivity contribution in [3.05, 3.63) is 109 Å². The smallest absolute Gasteiger partial charge is 0.191 e. The number of carbonyl (C=O) groups excluding carboxylic acids is 1. The number of nitrogens with zero attached hydrogens (tertiary/aromatic N) is 4. The van der Waals surface area contributed by atoms with Crippen LogP contribution in [0.2, 0.25) is 0 Å². The van der Waals surface area contributed by atoms with Gasteiger partial charge in [0.05, 0.1) is 17.7 Å². The zero-order valence-electron chi connectivity index (χ0n) is 19.6. The summed E-state index contributed by atoms with van der Waals surface area (Å²) in [5.41, 5.74) is 3.24. The maximum atomic E-state index is 13.2. The molecule has 0 radical (unpaired) electrons. The third kappa shape index (κ3) is 6.24. The summed E-state index contributed by atoms with van der Waals surface area (Å²) in [6.45, 7) is 6.14. The van der Waals surface area contributed by atoms with Crippen molar-refractivity contribution in [3.8, 4) is 17.1 Å². The van der Waals surface area contributed by atoms with Crippen LogP contribution in [0.5, 0.6) is 5.75 Å². The van der Waals surface area contributed by atoms with Gasteiger partial charge in [-0.2, -0.15) is 0 Å². The van der Waals surface area contributed by atoms with Crippen LogP contribution in [0.3, 0.4) is 0 Å². The molecule has 1 aliphatic rings. The number of benzene rings is 2. The third-order valence-corrected chi connectivity index (χ3v) is 6.15. The normalized spacial score (nSPS) is 12.8. The molecule has 0 N–H and O–H groups in total. The van der Waals surface area contributed by atoms with Crippen molar-refractivity contribution < 1.29 is 13.9 Å². The number of ketones is 1. The SMILES string of the molecule is C=COc1ccc(C2=CC=C(/C=C/C(=O)CSc3nnc(-c4ccc(F)cc4)n3CC)C=C=N2)cc1. The van der Waals surface area contributed by atoms with Crippen LogP contribution in [0, 0.1) is 5.82 Å². The lowest BCUT2D eigenvalue weighted by molar-refractivity contribution is -0.112. The van der Waals surface area contributed by atoms with E-state index in [4.69, 9.17) is 4.74 Å². The highest BCUT2D eigenvalue weighted by atomic mass is 32.2. The summed E-state index contributed by atoms with van der Waals surface area (Å²) in [5, 5.41) is 9.08. The minimum atomic E-state index is -0.307. The van der Waals surface area contributed by atoms with Gasteiger partial charge in [0.2, 0.25) is 0 Å². The predicted octanol–water partition coefficient (Wildman–Crippen LogP) is 6.05. The molecule has 0 atom stereocenters. The van der Waals surface area contributed by atoms with E-state index >= 15 is 0 Å². The van der Waals surface area contributed by atoms with E-state index in [9.17, 15) is 9.18 Å². The van der Waals surface area contributed by atoms with Crippen LogP contribution in [0.25, 0.3) is 17.1 Å². The second kappa shape index (κ2) is 11.9. The molecule has 0 fully saturated rings. The van der Waals surface area contributed by atoms with Gasteiger partial charge in [0.25, 0.3) is 0 Å². The number of aliphatic imine (C=N–C) groups is 1. The van der Waals surface area contributed by atoms with Crippen molar-refractivity contribution in [1.29, 1.82) is 0 Å². The number of thioether (sulfide) groups is 1. The largest absolute Gasteiger partial charge is 0.466 e. The van der Waals surface area contributed by atoms with E-state index in [0.717, 1.165) is 22.4 Å². The van der Waals surface area contributed by atoms with Crippen molar-refractivity contribution in [2.45, 2.75) is 18.6 Å². The van der Waals surface area contributed by atoms with Crippen molar-refractivity contribution in [2.75, 3.05) is 5.75 Å². The van der Waals surface area contributed by atoms with Crippen LogP contribution >= 0.6 is 11.8 Å². The summed E-state index contributed by atoms with van der Waals surface area (Å²) in [5.74, 6) is 4.08. The molecule has 36 heavy (non-hydrogen) atoms. The summed E-state index contributed by atoms with van der Waals surface area (Å²) in [6, 6.07) is 13.6. The van der Waals surface area contributed by atoms with Gasteiger partial charge in [-0.05, 0) is 79.0 Å². The fourth-order valence-corrected chi connectivity index (χ4v) is 4.21. The molecule has 4 rings (SSSR count). The molecule has 0 amide bonds. The van der Waals surface area contributed by atoms with E-state index in [1.54, 1.807) is 24.3 Å². The molecule has 0 bridgehead atoms. The molecule has 2 heterocycles. The lowest BCUT2D eigenvalue weighted by atomic mass is 10.1. The van der Waals surface area contributed by atoms with Crippen molar-refractivity contribution in [3.63, 3.8) is 0 Å². The summed E-state index contributed by atoms with van der Waals surface area (Å²) < 4.78 is 20.4. The van der Waals surface area contributed by atoms with Gasteiger partial charge in [-0.25, -0.2) is 9.38 Å². The van der Waals surface area contributed by atoms with Gasteiger partial charge in [-0.15, -0.1) is 10.2 Å². The van der Waals surface area contributed by atoms with Crippen LogP contribution in [-0.2, 0) is 11.3 Å². The highest BCUT2D eigenvalue weighted by Crippen LogP contribution is 2.25. The first kappa shape index (κ1) is 24.9. The molecule has 1 aliphatic heterocycles. The van der Waals surface area contributed by atoms with E-state index < -0.39 is 0 Å². The first-order valence-corrected chi connectivity index (χ1v) is 12.2. The Balaban J connectivity index is 1.38. The highest BCUT2D eigenvalue weighted by molar-refractivity contribution is 7.99. The van der Waals surface area contributed by atoms with Crippen molar-refractivity contribution in [1.82, 2.24) is 14.8 Å². The first-order valence-electron chi connectivity index (χ1n) is 11.2. The van der Waals surface area contributed by atoms with Gasteiger partial charge in [0.1, 0.15) is 11.6 Å². The van der Waals surface area contributed by atoms with Gasteiger partial charge in [0, 0.05) is 23.7 Å². The Morgan fingerprint density at radius 3 is 2.58 bits per heavy atom. The number of halogens is 1. The Morgan fingerprint density at radius 2 is 1.86 bits per heavy atom. The van der Waals surface area contributed by atoms with Gasteiger partial charge < -0.3 is 9.30 Å². The van der Waals surface area contributed by atoms with Gasteiger partial charge in [0.15, 0.2) is 16.8 Å².